The summed E-state index contributed by atoms with van der Waals surface area (Å²) in [6, 6.07) is 2.03. The molecule has 1 unspecified atom stereocenters. The van der Waals surface area contributed by atoms with Crippen molar-refractivity contribution < 1.29 is 4.79 Å². The van der Waals surface area contributed by atoms with Gasteiger partial charge < -0.3 is 10.6 Å². The smallest absolute Gasteiger partial charge is 0.138 e. The summed E-state index contributed by atoms with van der Waals surface area (Å²) < 4.78 is 1.16. The SMILES string of the molecule is O=C(CCCC1[C@H]2CNC[C@@H]12)Cc1sc2c(c1-c1nc3cnccc3s1)CCNC2. The van der Waals surface area contributed by atoms with E-state index in [4.69, 9.17) is 4.98 Å². The quantitative estimate of drug-likeness (QED) is 0.587. The van der Waals surface area contributed by atoms with Crippen LogP contribution in [0.15, 0.2) is 18.5 Å². The Balaban J connectivity index is 1.21. The molecule has 3 aliphatic rings. The zero-order chi connectivity index (χ0) is 20.1. The Morgan fingerprint density at radius 3 is 2.97 bits per heavy atom. The van der Waals surface area contributed by atoms with Crippen LogP contribution in [0.2, 0.25) is 0 Å². The number of piperidine rings is 1. The number of carbonyl (C=O) groups is 1. The summed E-state index contributed by atoms with van der Waals surface area (Å²) in [5.41, 5.74) is 3.61. The molecule has 6 rings (SSSR count). The van der Waals surface area contributed by atoms with Crippen molar-refractivity contribution in [1.29, 1.82) is 0 Å². The molecular formula is C23H26N4OS2. The zero-order valence-corrected chi connectivity index (χ0v) is 18.6. The lowest BCUT2D eigenvalue weighted by molar-refractivity contribution is -0.118. The second kappa shape index (κ2) is 7.79. The number of pyridine rings is 1. The summed E-state index contributed by atoms with van der Waals surface area (Å²) in [7, 11) is 0. The molecular weight excluding hydrogens is 412 g/mol. The van der Waals surface area contributed by atoms with Gasteiger partial charge in [0.25, 0.3) is 0 Å². The highest BCUT2D eigenvalue weighted by Crippen LogP contribution is 2.51. The maximum absolute atomic E-state index is 12.9. The maximum atomic E-state index is 12.9. The van der Waals surface area contributed by atoms with Gasteiger partial charge in [0.2, 0.25) is 0 Å². The second-order valence-electron chi connectivity index (χ2n) is 8.85. The van der Waals surface area contributed by atoms with E-state index in [2.05, 4.69) is 15.6 Å². The number of nitrogens with one attached hydrogen (secondary N) is 2. The van der Waals surface area contributed by atoms with Crippen LogP contribution in [0.25, 0.3) is 20.8 Å². The largest absolute Gasteiger partial charge is 0.316 e. The molecule has 0 bridgehead atoms. The molecule has 0 amide bonds. The van der Waals surface area contributed by atoms with E-state index in [0.29, 0.717) is 18.6 Å². The molecule has 0 spiro atoms. The Labute approximate surface area is 184 Å². The summed E-state index contributed by atoms with van der Waals surface area (Å²) in [5.74, 6) is 3.06. The topological polar surface area (TPSA) is 66.9 Å². The molecule has 2 aliphatic heterocycles. The van der Waals surface area contributed by atoms with Crippen LogP contribution in [-0.2, 0) is 24.2 Å². The van der Waals surface area contributed by atoms with E-state index in [1.165, 1.54) is 40.4 Å². The molecule has 30 heavy (non-hydrogen) atoms. The third kappa shape index (κ3) is 3.42. The number of aromatic nitrogens is 2. The van der Waals surface area contributed by atoms with Gasteiger partial charge in [-0.1, -0.05) is 0 Å². The Morgan fingerprint density at radius 2 is 2.10 bits per heavy atom. The van der Waals surface area contributed by atoms with Crippen LogP contribution in [-0.4, -0.2) is 35.4 Å². The fraction of sp³-hybridized carbons (Fsp3) is 0.522. The Kier molecular flexibility index (Phi) is 4.94. The Hall–Kier alpha value is -1.67. The molecule has 1 saturated carbocycles. The van der Waals surface area contributed by atoms with Crippen LogP contribution in [0.5, 0.6) is 0 Å². The average Bonchev–Trinajstić information content (AvgIpc) is 3.18. The van der Waals surface area contributed by atoms with Crippen molar-refractivity contribution in [1.82, 2.24) is 20.6 Å². The minimum atomic E-state index is 0.384. The molecule has 2 fully saturated rings. The standard InChI is InChI=1S/C23H26N4OS2/c28-13(2-1-3-14-16-9-26-10-17(14)16)8-20-22(15-4-6-25-12-21(15)29-20)23-27-18-11-24-7-5-19(18)30-23/h5,7,11,14,16-17,25-26H,1-4,6,8-10,12H2/t14?,16-,17+. The molecule has 5 heterocycles. The highest BCUT2D eigenvalue weighted by Gasteiger charge is 2.51. The molecule has 7 heteroatoms. The summed E-state index contributed by atoms with van der Waals surface area (Å²) >= 11 is 3.55. The summed E-state index contributed by atoms with van der Waals surface area (Å²) in [6.45, 7) is 4.29. The number of Topliss-reactive ketones (excluding diaryl/α,β-unsaturated/α-hetero) is 1. The fourth-order valence-corrected chi connectivity index (χ4v) is 7.88. The van der Waals surface area contributed by atoms with Gasteiger partial charge in [-0.05, 0) is 68.3 Å². The van der Waals surface area contributed by atoms with Crippen molar-refractivity contribution >= 4 is 38.7 Å². The molecule has 156 valence electrons. The van der Waals surface area contributed by atoms with Gasteiger partial charge in [-0.15, -0.1) is 22.7 Å². The highest BCUT2D eigenvalue weighted by atomic mass is 32.1. The summed E-state index contributed by atoms with van der Waals surface area (Å²) in [5, 5.41) is 7.99. The van der Waals surface area contributed by atoms with Crippen LogP contribution in [0.3, 0.4) is 0 Å². The van der Waals surface area contributed by atoms with Gasteiger partial charge in [-0.3, -0.25) is 9.78 Å². The van der Waals surface area contributed by atoms with Crippen molar-refractivity contribution in [2.24, 2.45) is 17.8 Å². The van der Waals surface area contributed by atoms with Crippen LogP contribution >= 0.6 is 22.7 Å². The lowest BCUT2D eigenvalue weighted by Crippen LogP contribution is -2.22. The van der Waals surface area contributed by atoms with Gasteiger partial charge in [0, 0.05) is 40.9 Å². The van der Waals surface area contributed by atoms with E-state index in [1.54, 1.807) is 11.3 Å². The normalized spacial score (nSPS) is 24.7. The van der Waals surface area contributed by atoms with Gasteiger partial charge in [0.15, 0.2) is 0 Å². The first kappa shape index (κ1) is 19.0. The van der Waals surface area contributed by atoms with Crippen LogP contribution in [0.1, 0.15) is 34.6 Å². The number of thiophene rings is 1. The summed E-state index contributed by atoms with van der Waals surface area (Å²) in [6.07, 6.45) is 8.22. The zero-order valence-electron chi connectivity index (χ0n) is 16.9. The molecule has 3 atom stereocenters. The number of rotatable bonds is 7. The first-order valence-corrected chi connectivity index (χ1v) is 12.7. The van der Waals surface area contributed by atoms with Crippen molar-refractivity contribution in [2.75, 3.05) is 19.6 Å². The minimum absolute atomic E-state index is 0.384. The highest BCUT2D eigenvalue weighted by molar-refractivity contribution is 7.22. The molecule has 3 aromatic rings. The number of hydrogen-bond acceptors (Lipinski definition) is 7. The van der Waals surface area contributed by atoms with Crippen LogP contribution in [0.4, 0.5) is 0 Å². The predicted molar refractivity (Wildman–Crippen MR) is 122 cm³/mol. The van der Waals surface area contributed by atoms with Crippen LogP contribution < -0.4 is 10.6 Å². The van der Waals surface area contributed by atoms with Gasteiger partial charge in [-0.25, -0.2) is 4.98 Å². The van der Waals surface area contributed by atoms with E-state index in [9.17, 15) is 4.79 Å². The number of fused-ring (bicyclic) bond motifs is 3. The van der Waals surface area contributed by atoms with Gasteiger partial charge >= 0.3 is 0 Å². The third-order valence-electron chi connectivity index (χ3n) is 7.02. The van der Waals surface area contributed by atoms with E-state index in [0.717, 1.165) is 58.9 Å². The first-order valence-electron chi connectivity index (χ1n) is 11.1. The number of nitrogens with zero attached hydrogens (tertiary/aromatic N) is 2. The average molecular weight is 439 g/mol. The summed E-state index contributed by atoms with van der Waals surface area (Å²) in [4.78, 5) is 24.6. The van der Waals surface area contributed by atoms with Crippen molar-refractivity contribution in [3.05, 3.63) is 33.8 Å². The van der Waals surface area contributed by atoms with Crippen molar-refractivity contribution in [3.63, 3.8) is 0 Å². The molecule has 2 N–H and O–H groups in total. The monoisotopic (exact) mass is 438 g/mol. The predicted octanol–water partition coefficient (Wildman–Crippen LogP) is 3.81. The van der Waals surface area contributed by atoms with E-state index in [1.807, 2.05) is 29.8 Å². The third-order valence-corrected chi connectivity index (χ3v) is 9.31. The molecule has 0 radical (unpaired) electrons. The van der Waals surface area contributed by atoms with Gasteiger partial charge in [0.1, 0.15) is 16.3 Å². The van der Waals surface area contributed by atoms with Gasteiger partial charge in [-0.2, -0.15) is 0 Å². The lowest BCUT2D eigenvalue weighted by atomic mass is 10.00. The molecule has 3 aromatic heterocycles. The Bertz CT molecular complexity index is 1060. The van der Waals surface area contributed by atoms with E-state index in [-0.39, 0.29) is 0 Å². The lowest BCUT2D eigenvalue weighted by Gasteiger charge is -2.13. The second-order valence-corrected chi connectivity index (χ2v) is 11.1. The van der Waals surface area contributed by atoms with E-state index >= 15 is 0 Å². The first-order chi connectivity index (χ1) is 14.8. The van der Waals surface area contributed by atoms with E-state index < -0.39 is 0 Å². The molecule has 5 nitrogen and oxygen atoms in total. The minimum Gasteiger partial charge on any atom is -0.316 e. The van der Waals surface area contributed by atoms with Crippen molar-refractivity contribution in [3.8, 4) is 10.6 Å². The molecule has 1 aliphatic carbocycles. The van der Waals surface area contributed by atoms with Gasteiger partial charge in [0.05, 0.1) is 10.9 Å². The molecule has 0 aromatic carbocycles. The number of thiazole rings is 1. The fourth-order valence-electron chi connectivity index (χ4n) is 5.43. The number of carbonyl (C=O) groups excluding carboxylic acids is 1. The van der Waals surface area contributed by atoms with Crippen LogP contribution in [0, 0.1) is 17.8 Å². The maximum Gasteiger partial charge on any atom is 0.138 e. The number of ketones is 1. The molecule has 1 saturated heterocycles. The van der Waals surface area contributed by atoms with Crippen molar-refractivity contribution in [2.45, 2.75) is 38.6 Å². The number of hydrogen-bond donors (Lipinski definition) is 2. The Morgan fingerprint density at radius 1 is 1.20 bits per heavy atom.